The quantitative estimate of drug-likeness (QED) is 0.264. The monoisotopic (exact) mass is 532 g/mol. The fraction of sp³-hybridized carbons (Fsp3) is 0.185. The van der Waals surface area contributed by atoms with E-state index in [9.17, 15) is 14.4 Å². The Morgan fingerprint density at radius 1 is 0.868 bits per heavy atom. The standard InChI is InChI=1S/C27H25ClN6O4/c28-21-9-12-24(34-17-29-32-33-34)20(16-21)8-14-26(36)31-23-4-2-1-3-19(23)7-13-25(35)30-22-10-5-18(6-11-22)15-27(37)38/h1-6,9-12,16-17H,7-8,13-15H2,(H,30,35)(H,31,36)(H,37,38). The molecule has 0 saturated carbocycles. The van der Waals surface area contributed by atoms with Crippen LogP contribution in [-0.4, -0.2) is 43.1 Å². The first-order valence-corrected chi connectivity index (χ1v) is 12.3. The van der Waals surface area contributed by atoms with Gasteiger partial charge in [-0.05, 0) is 76.4 Å². The Bertz CT molecular complexity index is 1420. The number of hydrogen-bond acceptors (Lipinski definition) is 6. The van der Waals surface area contributed by atoms with E-state index in [1.54, 1.807) is 48.5 Å². The number of tetrazole rings is 1. The summed E-state index contributed by atoms with van der Waals surface area (Å²) in [7, 11) is 0. The van der Waals surface area contributed by atoms with Crippen LogP contribution in [0.15, 0.2) is 73.1 Å². The largest absolute Gasteiger partial charge is 0.481 e. The summed E-state index contributed by atoms with van der Waals surface area (Å²) >= 11 is 6.16. The lowest BCUT2D eigenvalue weighted by molar-refractivity contribution is -0.136. The lowest BCUT2D eigenvalue weighted by Gasteiger charge is -2.13. The average Bonchev–Trinajstić information content (AvgIpc) is 3.43. The third kappa shape index (κ3) is 7.47. The van der Waals surface area contributed by atoms with Crippen LogP contribution >= 0.6 is 11.6 Å². The first-order chi connectivity index (χ1) is 18.4. The van der Waals surface area contributed by atoms with Crippen LogP contribution in [0.25, 0.3) is 5.69 Å². The number of aliphatic carboxylic acids is 1. The summed E-state index contributed by atoms with van der Waals surface area (Å²) in [5.41, 5.74) is 4.31. The van der Waals surface area contributed by atoms with Crippen molar-refractivity contribution >= 4 is 40.8 Å². The fourth-order valence-electron chi connectivity index (χ4n) is 3.92. The number of hydrogen-bond donors (Lipinski definition) is 3. The molecule has 0 aliphatic carbocycles. The molecule has 11 heteroatoms. The molecule has 4 rings (SSSR count). The van der Waals surface area contributed by atoms with Crippen LogP contribution in [0.1, 0.15) is 29.5 Å². The summed E-state index contributed by atoms with van der Waals surface area (Å²) in [5.74, 6) is -1.27. The number of carboxylic acid groups (broad SMARTS) is 1. The highest BCUT2D eigenvalue weighted by Gasteiger charge is 2.12. The van der Waals surface area contributed by atoms with Gasteiger partial charge in [-0.2, -0.15) is 0 Å². The summed E-state index contributed by atoms with van der Waals surface area (Å²) < 4.78 is 1.52. The van der Waals surface area contributed by atoms with Gasteiger partial charge in [-0.25, -0.2) is 4.68 Å². The first-order valence-electron chi connectivity index (χ1n) is 11.9. The van der Waals surface area contributed by atoms with E-state index in [1.165, 1.54) is 11.0 Å². The Labute approximate surface area is 223 Å². The molecule has 10 nitrogen and oxygen atoms in total. The molecule has 0 aliphatic rings. The van der Waals surface area contributed by atoms with Gasteiger partial charge in [0.05, 0.1) is 12.1 Å². The highest BCUT2D eigenvalue weighted by atomic mass is 35.5. The second-order valence-electron chi connectivity index (χ2n) is 8.55. The lowest BCUT2D eigenvalue weighted by atomic mass is 10.1. The Morgan fingerprint density at radius 2 is 1.58 bits per heavy atom. The third-order valence-corrected chi connectivity index (χ3v) is 6.00. The van der Waals surface area contributed by atoms with Crippen molar-refractivity contribution in [3.8, 4) is 5.69 Å². The summed E-state index contributed by atoms with van der Waals surface area (Å²) in [4.78, 5) is 36.1. The third-order valence-electron chi connectivity index (χ3n) is 5.76. The maximum absolute atomic E-state index is 12.8. The zero-order valence-electron chi connectivity index (χ0n) is 20.3. The minimum absolute atomic E-state index is 0.0731. The number of carboxylic acids is 1. The predicted molar refractivity (Wildman–Crippen MR) is 142 cm³/mol. The minimum Gasteiger partial charge on any atom is -0.481 e. The molecule has 194 valence electrons. The maximum Gasteiger partial charge on any atom is 0.307 e. The van der Waals surface area contributed by atoms with Crippen molar-refractivity contribution in [2.75, 3.05) is 10.6 Å². The topological polar surface area (TPSA) is 139 Å². The minimum atomic E-state index is -0.911. The smallest absolute Gasteiger partial charge is 0.307 e. The highest BCUT2D eigenvalue weighted by Crippen LogP contribution is 2.22. The number of carbonyl (C=O) groups is 3. The molecule has 0 spiro atoms. The van der Waals surface area contributed by atoms with Crippen LogP contribution in [0.2, 0.25) is 5.02 Å². The number of para-hydroxylation sites is 1. The molecule has 0 fully saturated rings. The average molecular weight is 533 g/mol. The number of aryl methyl sites for hydroxylation is 2. The Hall–Kier alpha value is -4.57. The second-order valence-corrected chi connectivity index (χ2v) is 8.98. The number of nitrogens with one attached hydrogen (secondary N) is 2. The van der Waals surface area contributed by atoms with Gasteiger partial charge in [-0.1, -0.05) is 41.9 Å². The number of carbonyl (C=O) groups excluding carboxylic acids is 2. The van der Waals surface area contributed by atoms with Crippen molar-refractivity contribution in [2.24, 2.45) is 0 Å². The summed E-state index contributed by atoms with van der Waals surface area (Å²) in [6, 6.07) is 19.4. The van der Waals surface area contributed by atoms with E-state index in [-0.39, 0.29) is 31.1 Å². The van der Waals surface area contributed by atoms with Crippen LogP contribution < -0.4 is 10.6 Å². The van der Waals surface area contributed by atoms with Crippen molar-refractivity contribution in [3.63, 3.8) is 0 Å². The van der Waals surface area contributed by atoms with Gasteiger partial charge in [0.15, 0.2) is 0 Å². The Balaban J connectivity index is 1.32. The van der Waals surface area contributed by atoms with E-state index >= 15 is 0 Å². The van der Waals surface area contributed by atoms with E-state index < -0.39 is 5.97 Å². The molecule has 0 radical (unpaired) electrons. The predicted octanol–water partition coefficient (Wildman–Crippen LogP) is 4.09. The molecule has 0 saturated heterocycles. The molecule has 0 atom stereocenters. The summed E-state index contributed by atoms with van der Waals surface area (Å²) in [6.45, 7) is 0. The van der Waals surface area contributed by atoms with Gasteiger partial charge in [-0.15, -0.1) is 5.10 Å². The Kier molecular flexibility index (Phi) is 8.78. The molecule has 1 aromatic heterocycles. The normalized spacial score (nSPS) is 10.7. The molecule has 3 aromatic carbocycles. The lowest BCUT2D eigenvalue weighted by Crippen LogP contribution is -2.16. The summed E-state index contributed by atoms with van der Waals surface area (Å²) in [5, 5.41) is 26.4. The number of nitrogens with zero attached hydrogens (tertiary/aromatic N) is 4. The first kappa shape index (κ1) is 26.5. The molecule has 38 heavy (non-hydrogen) atoms. The van der Waals surface area contributed by atoms with Gasteiger partial charge in [0, 0.05) is 29.2 Å². The van der Waals surface area contributed by atoms with Gasteiger partial charge < -0.3 is 15.7 Å². The van der Waals surface area contributed by atoms with Crippen molar-refractivity contribution in [3.05, 3.63) is 94.8 Å². The van der Waals surface area contributed by atoms with E-state index in [2.05, 4.69) is 26.2 Å². The highest BCUT2D eigenvalue weighted by molar-refractivity contribution is 6.30. The SMILES string of the molecule is O=C(O)Cc1ccc(NC(=O)CCc2ccccc2NC(=O)CCc2cc(Cl)ccc2-n2cnnn2)cc1. The maximum atomic E-state index is 12.8. The molecule has 3 N–H and O–H groups in total. The zero-order chi connectivity index (χ0) is 26.9. The van der Waals surface area contributed by atoms with Crippen molar-refractivity contribution in [2.45, 2.75) is 32.1 Å². The van der Waals surface area contributed by atoms with Crippen molar-refractivity contribution in [1.29, 1.82) is 0 Å². The number of amides is 2. The van der Waals surface area contributed by atoms with Gasteiger partial charge in [0.1, 0.15) is 6.33 Å². The number of halogens is 1. The molecular weight excluding hydrogens is 508 g/mol. The molecule has 0 aliphatic heterocycles. The number of benzene rings is 3. The molecule has 1 heterocycles. The molecule has 4 aromatic rings. The second kappa shape index (κ2) is 12.6. The van der Waals surface area contributed by atoms with Crippen molar-refractivity contribution < 1.29 is 19.5 Å². The van der Waals surface area contributed by atoms with Crippen molar-refractivity contribution in [1.82, 2.24) is 20.2 Å². The van der Waals surface area contributed by atoms with Crippen LogP contribution in [0.4, 0.5) is 11.4 Å². The Morgan fingerprint density at radius 3 is 2.29 bits per heavy atom. The van der Waals surface area contributed by atoms with E-state index in [0.717, 1.165) is 16.8 Å². The van der Waals surface area contributed by atoms with Crippen LogP contribution in [-0.2, 0) is 33.6 Å². The number of aromatic nitrogens is 4. The molecular formula is C27H25ClN6O4. The molecule has 2 amide bonds. The van der Waals surface area contributed by atoms with Crippen LogP contribution in [0, 0.1) is 0 Å². The summed E-state index contributed by atoms with van der Waals surface area (Å²) in [6.07, 6.45) is 2.68. The van der Waals surface area contributed by atoms with E-state index in [4.69, 9.17) is 16.7 Å². The molecule has 0 bridgehead atoms. The van der Waals surface area contributed by atoms with Crippen LogP contribution in [0.3, 0.4) is 0 Å². The van der Waals surface area contributed by atoms with Gasteiger partial charge in [-0.3, -0.25) is 14.4 Å². The fourth-order valence-corrected chi connectivity index (χ4v) is 4.12. The zero-order valence-corrected chi connectivity index (χ0v) is 21.1. The number of rotatable bonds is 11. The van der Waals surface area contributed by atoms with E-state index in [1.807, 2.05) is 18.2 Å². The molecule has 0 unspecified atom stereocenters. The van der Waals surface area contributed by atoms with Gasteiger partial charge in [0.2, 0.25) is 11.8 Å². The van der Waals surface area contributed by atoms with Crippen LogP contribution in [0.5, 0.6) is 0 Å². The van der Waals surface area contributed by atoms with E-state index in [0.29, 0.717) is 34.8 Å². The number of anilines is 2. The van der Waals surface area contributed by atoms with Gasteiger partial charge in [0.25, 0.3) is 0 Å². The van der Waals surface area contributed by atoms with Gasteiger partial charge >= 0.3 is 5.97 Å².